The van der Waals surface area contributed by atoms with Gasteiger partial charge in [0.05, 0.1) is 5.41 Å². The fourth-order valence-electron chi connectivity index (χ4n) is 3.13. The van der Waals surface area contributed by atoms with E-state index < -0.39 is 11.4 Å². The van der Waals surface area contributed by atoms with Gasteiger partial charge < -0.3 is 10.4 Å². The molecule has 0 aliphatic carbocycles. The summed E-state index contributed by atoms with van der Waals surface area (Å²) in [6, 6.07) is 20.7. The highest BCUT2D eigenvalue weighted by atomic mass is 16.4. The molecule has 2 aromatic carbocycles. The molecule has 0 aromatic heterocycles. The molecule has 0 atom stereocenters. The second-order valence-electron chi connectivity index (χ2n) is 6.30. The lowest BCUT2D eigenvalue weighted by atomic mass is 9.82. The van der Waals surface area contributed by atoms with Gasteiger partial charge in [-0.1, -0.05) is 74.5 Å². The Morgan fingerprint density at radius 1 is 0.958 bits per heavy atom. The van der Waals surface area contributed by atoms with Gasteiger partial charge in [-0.25, -0.2) is 0 Å². The van der Waals surface area contributed by atoms with Crippen LogP contribution in [0.3, 0.4) is 0 Å². The molecule has 3 heteroatoms. The van der Waals surface area contributed by atoms with Gasteiger partial charge in [0, 0.05) is 19.0 Å². The van der Waals surface area contributed by atoms with Crippen molar-refractivity contribution in [3.05, 3.63) is 71.8 Å². The molecule has 24 heavy (non-hydrogen) atoms. The van der Waals surface area contributed by atoms with E-state index in [9.17, 15) is 9.90 Å². The summed E-state index contributed by atoms with van der Waals surface area (Å²) in [6.45, 7) is 5.12. The molecule has 0 radical (unpaired) electrons. The number of hydrogen-bond acceptors (Lipinski definition) is 2. The molecule has 3 nitrogen and oxygen atoms in total. The molecule has 0 saturated carbocycles. The number of rotatable bonds is 9. The maximum Gasteiger partial charge on any atom is 0.310 e. The Bertz CT molecular complexity index is 581. The molecule has 0 amide bonds. The number of benzene rings is 2. The third-order valence-electron chi connectivity index (χ3n) is 5.02. The lowest BCUT2D eigenvalue weighted by Crippen LogP contribution is -2.41. The van der Waals surface area contributed by atoms with E-state index in [0.717, 1.165) is 6.54 Å². The second-order valence-corrected chi connectivity index (χ2v) is 6.30. The molecule has 0 spiro atoms. The van der Waals surface area contributed by atoms with Crippen LogP contribution in [0, 0.1) is 5.41 Å². The molecule has 2 rings (SSSR count). The maximum atomic E-state index is 11.7. The molecule has 0 unspecified atom stereocenters. The van der Waals surface area contributed by atoms with Crippen LogP contribution >= 0.6 is 0 Å². The Morgan fingerprint density at radius 3 is 1.79 bits per heavy atom. The van der Waals surface area contributed by atoms with Crippen molar-refractivity contribution in [3.8, 4) is 0 Å². The van der Waals surface area contributed by atoms with Gasteiger partial charge in [-0.15, -0.1) is 0 Å². The largest absolute Gasteiger partial charge is 0.481 e. The first-order chi connectivity index (χ1) is 11.6. The minimum Gasteiger partial charge on any atom is -0.481 e. The molecule has 2 aromatic rings. The molecule has 0 aliphatic heterocycles. The monoisotopic (exact) mass is 325 g/mol. The number of aliphatic carboxylic acids is 1. The van der Waals surface area contributed by atoms with Crippen LogP contribution in [0.2, 0.25) is 0 Å². The van der Waals surface area contributed by atoms with Crippen molar-refractivity contribution >= 4 is 5.97 Å². The smallest absolute Gasteiger partial charge is 0.310 e. The third-order valence-corrected chi connectivity index (χ3v) is 5.02. The average Bonchev–Trinajstić information content (AvgIpc) is 2.63. The fraction of sp³-hybridized carbons (Fsp3) is 0.381. The first kappa shape index (κ1) is 18.2. The van der Waals surface area contributed by atoms with Crippen molar-refractivity contribution in [2.24, 2.45) is 5.41 Å². The zero-order chi connectivity index (χ0) is 17.4. The van der Waals surface area contributed by atoms with Crippen LogP contribution in [0.15, 0.2) is 60.7 Å². The number of hydrogen-bond donors (Lipinski definition) is 2. The van der Waals surface area contributed by atoms with Crippen LogP contribution in [0.5, 0.6) is 0 Å². The van der Waals surface area contributed by atoms with Crippen molar-refractivity contribution in [1.82, 2.24) is 5.32 Å². The molecule has 0 fully saturated rings. The number of nitrogens with one attached hydrogen (secondary N) is 1. The van der Waals surface area contributed by atoms with E-state index in [1.807, 2.05) is 50.2 Å². The lowest BCUT2D eigenvalue weighted by molar-refractivity contribution is -0.149. The van der Waals surface area contributed by atoms with Crippen molar-refractivity contribution in [2.75, 3.05) is 13.1 Å². The minimum absolute atomic E-state index is 0.215. The summed E-state index contributed by atoms with van der Waals surface area (Å²) in [5.41, 5.74) is 1.80. The summed E-state index contributed by atoms with van der Waals surface area (Å²) in [7, 11) is 0. The average molecular weight is 325 g/mol. The van der Waals surface area contributed by atoms with Crippen LogP contribution in [0.4, 0.5) is 0 Å². The zero-order valence-electron chi connectivity index (χ0n) is 14.5. The van der Waals surface area contributed by atoms with Gasteiger partial charge in [-0.2, -0.15) is 0 Å². The van der Waals surface area contributed by atoms with Crippen LogP contribution in [0.1, 0.15) is 43.7 Å². The van der Waals surface area contributed by atoms with Gasteiger partial charge in [0.1, 0.15) is 0 Å². The Morgan fingerprint density at radius 2 is 1.42 bits per heavy atom. The number of carboxylic acids is 1. The summed E-state index contributed by atoms with van der Waals surface area (Å²) in [6.07, 6.45) is 1.26. The Kier molecular flexibility index (Phi) is 6.56. The zero-order valence-corrected chi connectivity index (χ0v) is 14.5. The predicted molar refractivity (Wildman–Crippen MR) is 98.2 cm³/mol. The van der Waals surface area contributed by atoms with E-state index in [1.165, 1.54) is 11.1 Å². The van der Waals surface area contributed by atoms with E-state index >= 15 is 0 Å². The highest BCUT2D eigenvalue weighted by molar-refractivity contribution is 5.74. The SMILES string of the molecule is CCC(CC)(CNCC(c1ccccc1)c1ccccc1)C(=O)O. The Balaban J connectivity index is 2.14. The molecule has 0 saturated heterocycles. The van der Waals surface area contributed by atoms with Gasteiger partial charge in [-0.3, -0.25) is 4.79 Å². The normalized spacial score (nSPS) is 11.6. The van der Waals surface area contributed by atoms with Crippen molar-refractivity contribution < 1.29 is 9.90 Å². The van der Waals surface area contributed by atoms with E-state index in [-0.39, 0.29) is 5.92 Å². The highest BCUT2D eigenvalue weighted by Crippen LogP contribution is 2.27. The lowest BCUT2D eigenvalue weighted by Gasteiger charge is -2.28. The van der Waals surface area contributed by atoms with Crippen molar-refractivity contribution in [3.63, 3.8) is 0 Å². The van der Waals surface area contributed by atoms with Gasteiger partial charge in [-0.05, 0) is 24.0 Å². The van der Waals surface area contributed by atoms with Gasteiger partial charge in [0.2, 0.25) is 0 Å². The predicted octanol–water partition coefficient (Wildman–Crippen LogP) is 4.30. The topological polar surface area (TPSA) is 49.3 Å². The molecule has 0 heterocycles. The van der Waals surface area contributed by atoms with Crippen LogP contribution < -0.4 is 5.32 Å². The molecule has 2 N–H and O–H groups in total. The molecular weight excluding hydrogens is 298 g/mol. The summed E-state index contributed by atoms with van der Waals surface area (Å²) in [5, 5.41) is 13.0. The van der Waals surface area contributed by atoms with Crippen LogP contribution in [0.25, 0.3) is 0 Å². The standard InChI is InChI=1S/C21H27NO2/c1-3-21(4-2,20(23)24)16-22-15-19(17-11-7-5-8-12-17)18-13-9-6-10-14-18/h5-14,19,22H,3-4,15-16H2,1-2H3,(H,23,24). The Hall–Kier alpha value is -2.13. The summed E-state index contributed by atoms with van der Waals surface area (Å²) in [5.74, 6) is -0.497. The Labute approximate surface area is 144 Å². The van der Waals surface area contributed by atoms with Crippen LogP contribution in [-0.2, 0) is 4.79 Å². The van der Waals surface area contributed by atoms with Gasteiger partial charge >= 0.3 is 5.97 Å². The van der Waals surface area contributed by atoms with E-state index in [2.05, 4.69) is 29.6 Å². The van der Waals surface area contributed by atoms with E-state index in [4.69, 9.17) is 0 Å². The van der Waals surface area contributed by atoms with Crippen molar-refractivity contribution in [2.45, 2.75) is 32.6 Å². The molecule has 0 aliphatic rings. The summed E-state index contributed by atoms with van der Waals surface area (Å²) >= 11 is 0. The fourth-order valence-corrected chi connectivity index (χ4v) is 3.13. The second kappa shape index (κ2) is 8.65. The number of carbonyl (C=O) groups is 1. The first-order valence-electron chi connectivity index (χ1n) is 8.67. The van der Waals surface area contributed by atoms with E-state index in [1.54, 1.807) is 0 Å². The third kappa shape index (κ3) is 4.24. The quantitative estimate of drug-likeness (QED) is 0.723. The molecular formula is C21H27NO2. The molecule has 128 valence electrons. The summed E-state index contributed by atoms with van der Waals surface area (Å²) in [4.78, 5) is 11.7. The van der Waals surface area contributed by atoms with Crippen LogP contribution in [-0.4, -0.2) is 24.2 Å². The van der Waals surface area contributed by atoms with Crippen molar-refractivity contribution in [1.29, 1.82) is 0 Å². The molecule has 0 bridgehead atoms. The highest BCUT2D eigenvalue weighted by Gasteiger charge is 2.34. The maximum absolute atomic E-state index is 11.7. The first-order valence-corrected chi connectivity index (χ1v) is 8.67. The van der Waals surface area contributed by atoms with Gasteiger partial charge in [0.15, 0.2) is 0 Å². The number of carboxylic acid groups (broad SMARTS) is 1. The minimum atomic E-state index is -0.712. The van der Waals surface area contributed by atoms with Gasteiger partial charge in [0.25, 0.3) is 0 Å². The summed E-state index contributed by atoms with van der Waals surface area (Å²) < 4.78 is 0. The van der Waals surface area contributed by atoms with E-state index in [0.29, 0.717) is 19.4 Å².